The third kappa shape index (κ3) is 0.946. The summed E-state index contributed by atoms with van der Waals surface area (Å²) < 4.78 is 0. The first kappa shape index (κ1) is 9.93. The number of allylic oxidation sites excluding steroid dienone is 2. The second-order valence-corrected chi connectivity index (χ2v) is 6.91. The maximum Gasteiger partial charge on any atom is -0.0139 e. The largest absolute Gasteiger partial charge is 0.0850 e. The zero-order valence-corrected chi connectivity index (χ0v) is 10.6. The number of rotatable bonds is 1. The Labute approximate surface area is 94.1 Å². The van der Waals surface area contributed by atoms with Crippen LogP contribution in [0.15, 0.2) is 11.6 Å². The van der Waals surface area contributed by atoms with Crippen molar-refractivity contribution in [2.24, 2.45) is 28.6 Å². The summed E-state index contributed by atoms with van der Waals surface area (Å²) in [7, 11) is 0. The summed E-state index contributed by atoms with van der Waals surface area (Å²) >= 11 is 0. The van der Waals surface area contributed by atoms with Gasteiger partial charge in [0.15, 0.2) is 0 Å². The van der Waals surface area contributed by atoms with Crippen LogP contribution in [-0.4, -0.2) is 0 Å². The average molecular weight is 204 g/mol. The normalized spacial score (nSPS) is 52.5. The molecule has 0 aliphatic heterocycles. The molecule has 84 valence electrons. The lowest BCUT2D eigenvalue weighted by Gasteiger charge is -2.45. The van der Waals surface area contributed by atoms with E-state index in [2.05, 4.69) is 33.8 Å². The molecule has 0 nitrogen and oxygen atoms in total. The van der Waals surface area contributed by atoms with Crippen molar-refractivity contribution in [1.82, 2.24) is 0 Å². The topological polar surface area (TPSA) is 0 Å². The van der Waals surface area contributed by atoms with Crippen molar-refractivity contribution in [2.45, 2.75) is 53.4 Å². The van der Waals surface area contributed by atoms with E-state index in [1.165, 1.54) is 25.7 Å². The Bertz CT molecular complexity index is 325. The molecule has 15 heavy (non-hydrogen) atoms. The molecule has 2 saturated carbocycles. The summed E-state index contributed by atoms with van der Waals surface area (Å²) in [5.74, 6) is 2.80. The van der Waals surface area contributed by atoms with E-state index in [9.17, 15) is 0 Å². The van der Waals surface area contributed by atoms with Gasteiger partial charge in [-0.15, -0.1) is 0 Å². The lowest BCUT2D eigenvalue weighted by Crippen LogP contribution is -2.38. The van der Waals surface area contributed by atoms with Crippen molar-refractivity contribution >= 4 is 0 Å². The Balaban J connectivity index is 2.12. The van der Waals surface area contributed by atoms with Gasteiger partial charge in [-0.05, 0) is 61.2 Å². The molecule has 3 aliphatic rings. The van der Waals surface area contributed by atoms with E-state index in [0.29, 0.717) is 10.8 Å². The predicted octanol–water partition coefficient (Wildman–Crippen LogP) is 4.42. The van der Waals surface area contributed by atoms with Crippen LogP contribution in [0.2, 0.25) is 0 Å². The van der Waals surface area contributed by atoms with Crippen LogP contribution < -0.4 is 0 Å². The van der Waals surface area contributed by atoms with Gasteiger partial charge in [0.05, 0.1) is 0 Å². The van der Waals surface area contributed by atoms with Crippen molar-refractivity contribution in [1.29, 1.82) is 0 Å². The molecule has 2 fully saturated rings. The van der Waals surface area contributed by atoms with Gasteiger partial charge in [0, 0.05) is 0 Å². The minimum atomic E-state index is 0.684. The van der Waals surface area contributed by atoms with E-state index in [1.807, 2.05) is 0 Å². The second kappa shape index (κ2) is 2.70. The van der Waals surface area contributed by atoms with Crippen molar-refractivity contribution < 1.29 is 0 Å². The summed E-state index contributed by atoms with van der Waals surface area (Å²) in [6, 6.07) is 0. The second-order valence-electron chi connectivity index (χ2n) is 6.91. The molecule has 0 amide bonds. The van der Waals surface area contributed by atoms with Gasteiger partial charge in [-0.25, -0.2) is 0 Å². The number of hydrogen-bond donors (Lipinski definition) is 0. The van der Waals surface area contributed by atoms with Gasteiger partial charge in [-0.1, -0.05) is 32.4 Å². The summed E-state index contributed by atoms with van der Waals surface area (Å²) in [6.45, 7) is 9.88. The van der Waals surface area contributed by atoms with E-state index in [1.54, 1.807) is 5.57 Å². The summed E-state index contributed by atoms with van der Waals surface area (Å²) in [4.78, 5) is 0. The highest BCUT2D eigenvalue weighted by molar-refractivity contribution is 5.27. The first-order valence-corrected chi connectivity index (χ1v) is 6.67. The summed E-state index contributed by atoms with van der Waals surface area (Å²) in [6.07, 6.45) is 8.40. The molecule has 4 unspecified atom stereocenters. The molecule has 4 atom stereocenters. The fourth-order valence-corrected chi connectivity index (χ4v) is 5.45. The minimum Gasteiger partial charge on any atom is -0.0850 e. The monoisotopic (exact) mass is 204 g/mol. The maximum atomic E-state index is 2.56. The maximum absolute atomic E-state index is 2.56. The Kier molecular flexibility index (Phi) is 1.79. The molecular weight excluding hydrogens is 180 g/mol. The smallest absolute Gasteiger partial charge is 0.0139 e. The SMILES string of the molecule is CC1=CCC2C3(C)CCC2(C(C)C)C1C3. The first-order chi connectivity index (χ1) is 7.01. The molecule has 3 aliphatic carbocycles. The molecule has 0 aromatic carbocycles. The molecule has 0 N–H and O–H groups in total. The van der Waals surface area contributed by atoms with Crippen LogP contribution in [0.1, 0.15) is 53.4 Å². The third-order valence-electron chi connectivity index (χ3n) is 6.24. The number of hydrogen-bond acceptors (Lipinski definition) is 0. The molecule has 0 heteroatoms. The Hall–Kier alpha value is -0.260. The quantitative estimate of drug-likeness (QED) is 0.555. The molecule has 0 radical (unpaired) electrons. The van der Waals surface area contributed by atoms with Gasteiger partial charge in [0.25, 0.3) is 0 Å². The van der Waals surface area contributed by atoms with E-state index >= 15 is 0 Å². The predicted molar refractivity (Wildman–Crippen MR) is 64.6 cm³/mol. The molecule has 0 spiro atoms. The average Bonchev–Trinajstić information content (AvgIpc) is 2.56. The lowest BCUT2D eigenvalue weighted by atomic mass is 9.59. The van der Waals surface area contributed by atoms with Crippen LogP contribution in [0, 0.1) is 28.6 Å². The van der Waals surface area contributed by atoms with Gasteiger partial charge in [0.2, 0.25) is 0 Å². The van der Waals surface area contributed by atoms with Crippen LogP contribution >= 0.6 is 0 Å². The van der Waals surface area contributed by atoms with Crippen molar-refractivity contribution in [3.05, 3.63) is 11.6 Å². The van der Waals surface area contributed by atoms with Crippen LogP contribution in [-0.2, 0) is 0 Å². The van der Waals surface area contributed by atoms with E-state index < -0.39 is 0 Å². The highest BCUT2D eigenvalue weighted by Gasteiger charge is 2.66. The zero-order chi connectivity index (χ0) is 10.8. The van der Waals surface area contributed by atoms with Crippen LogP contribution in [0.25, 0.3) is 0 Å². The fraction of sp³-hybridized carbons (Fsp3) is 0.867. The van der Waals surface area contributed by atoms with Crippen LogP contribution in [0.4, 0.5) is 0 Å². The van der Waals surface area contributed by atoms with Crippen LogP contribution in [0.5, 0.6) is 0 Å². The van der Waals surface area contributed by atoms with Crippen LogP contribution in [0.3, 0.4) is 0 Å². The van der Waals surface area contributed by atoms with Gasteiger partial charge < -0.3 is 0 Å². The highest BCUT2D eigenvalue weighted by Crippen LogP contribution is 2.74. The molecule has 0 heterocycles. The molecule has 0 aromatic heterocycles. The van der Waals surface area contributed by atoms with Gasteiger partial charge in [-0.2, -0.15) is 0 Å². The van der Waals surface area contributed by atoms with E-state index in [0.717, 1.165) is 17.8 Å². The first-order valence-electron chi connectivity index (χ1n) is 6.67. The Morgan fingerprint density at radius 3 is 2.67 bits per heavy atom. The van der Waals surface area contributed by atoms with Gasteiger partial charge >= 0.3 is 0 Å². The Morgan fingerprint density at radius 1 is 1.33 bits per heavy atom. The standard InChI is InChI=1S/C15H24/c1-10(2)15-8-7-14(4)9-12(15)11(3)5-6-13(14)15/h5,10,12-13H,6-9H2,1-4H3. The molecule has 0 saturated heterocycles. The van der Waals surface area contributed by atoms with Crippen molar-refractivity contribution in [2.75, 3.05) is 0 Å². The highest BCUT2D eigenvalue weighted by atomic mass is 14.7. The lowest BCUT2D eigenvalue weighted by molar-refractivity contribution is 0.0827. The molecular formula is C15H24. The van der Waals surface area contributed by atoms with Gasteiger partial charge in [0.1, 0.15) is 0 Å². The molecule has 3 rings (SSSR count). The zero-order valence-electron chi connectivity index (χ0n) is 10.6. The van der Waals surface area contributed by atoms with Crippen molar-refractivity contribution in [3.63, 3.8) is 0 Å². The van der Waals surface area contributed by atoms with E-state index in [4.69, 9.17) is 0 Å². The molecule has 0 aromatic rings. The van der Waals surface area contributed by atoms with Gasteiger partial charge in [-0.3, -0.25) is 0 Å². The van der Waals surface area contributed by atoms with E-state index in [-0.39, 0.29) is 0 Å². The summed E-state index contributed by atoms with van der Waals surface area (Å²) in [5, 5.41) is 0. The van der Waals surface area contributed by atoms with Crippen molar-refractivity contribution in [3.8, 4) is 0 Å². The third-order valence-corrected chi connectivity index (χ3v) is 6.24. The molecule has 4 bridgehead atoms. The Morgan fingerprint density at radius 2 is 2.07 bits per heavy atom. The minimum absolute atomic E-state index is 0.684. The summed E-state index contributed by atoms with van der Waals surface area (Å²) in [5.41, 5.74) is 3.08. The fourth-order valence-electron chi connectivity index (χ4n) is 5.45.